The Morgan fingerprint density at radius 3 is 2.31 bits per heavy atom. The second kappa shape index (κ2) is 5.70. The summed E-state index contributed by atoms with van der Waals surface area (Å²) < 4.78 is 5.15. The summed E-state index contributed by atoms with van der Waals surface area (Å²) in [4.78, 5) is 11.3. The molecular weight excluding hydrogens is 216 g/mol. The van der Waals surface area contributed by atoms with Gasteiger partial charge in [-0.25, -0.2) is 0 Å². The lowest BCUT2D eigenvalue weighted by atomic mass is 9.86. The number of aliphatic hydroxyl groups excluding tert-OH is 4. The minimum atomic E-state index is -1.75. The minimum Gasteiger partial charge on any atom is -0.387 e. The summed E-state index contributed by atoms with van der Waals surface area (Å²) in [5, 5.41) is 37.6. The van der Waals surface area contributed by atoms with Gasteiger partial charge in [0.25, 0.3) is 0 Å². The molecule has 16 heavy (non-hydrogen) atoms. The molecule has 1 saturated carbocycles. The lowest BCUT2D eigenvalue weighted by Crippen LogP contribution is -2.62. The number of carbonyl (C=O) groups is 1. The van der Waals surface area contributed by atoms with Crippen LogP contribution in [0.15, 0.2) is 0 Å². The highest BCUT2D eigenvalue weighted by Gasteiger charge is 2.48. The van der Waals surface area contributed by atoms with Crippen molar-refractivity contribution in [3.8, 4) is 0 Å². The smallest absolute Gasteiger partial charge is 0.195 e. The fraction of sp³-hybridized carbons (Fsp3) is 0.900. The Morgan fingerprint density at radius 2 is 1.75 bits per heavy atom. The van der Waals surface area contributed by atoms with Crippen molar-refractivity contribution in [1.82, 2.24) is 0 Å². The number of hydrogen-bond donors (Lipinski definition) is 4. The predicted molar refractivity (Wildman–Crippen MR) is 53.7 cm³/mol. The van der Waals surface area contributed by atoms with E-state index in [1.807, 2.05) is 6.92 Å². The van der Waals surface area contributed by atoms with E-state index in [2.05, 4.69) is 0 Å². The molecule has 1 fully saturated rings. The monoisotopic (exact) mass is 234 g/mol. The lowest BCUT2D eigenvalue weighted by molar-refractivity contribution is -0.195. The first-order valence-electron chi connectivity index (χ1n) is 5.38. The number of ketones is 1. The highest BCUT2D eigenvalue weighted by Crippen LogP contribution is 2.21. The summed E-state index contributed by atoms with van der Waals surface area (Å²) in [6, 6.07) is 0. The van der Waals surface area contributed by atoms with Crippen LogP contribution in [0.2, 0.25) is 0 Å². The molecule has 0 aromatic rings. The third-order valence-electron chi connectivity index (χ3n) is 2.71. The van der Waals surface area contributed by atoms with Gasteiger partial charge in [0.1, 0.15) is 30.5 Å². The average molecular weight is 234 g/mol. The zero-order valence-corrected chi connectivity index (χ0v) is 9.11. The van der Waals surface area contributed by atoms with E-state index in [0.717, 1.165) is 12.8 Å². The van der Waals surface area contributed by atoms with E-state index >= 15 is 0 Å². The Bertz CT molecular complexity index is 243. The topological polar surface area (TPSA) is 107 Å². The maximum absolute atomic E-state index is 11.3. The molecule has 6 nitrogen and oxygen atoms in total. The summed E-state index contributed by atoms with van der Waals surface area (Å²) in [5.41, 5.74) is 0. The number of carbonyl (C=O) groups excluding carboxylic acids is 1. The van der Waals surface area contributed by atoms with Gasteiger partial charge in [-0.15, -0.1) is 0 Å². The third-order valence-corrected chi connectivity index (χ3v) is 2.71. The molecule has 0 heterocycles. The molecule has 0 amide bonds. The van der Waals surface area contributed by atoms with Gasteiger partial charge in [-0.1, -0.05) is 13.3 Å². The second-order valence-corrected chi connectivity index (χ2v) is 3.96. The summed E-state index contributed by atoms with van der Waals surface area (Å²) in [6.45, 7) is 2.23. The predicted octanol–water partition coefficient (Wildman–Crippen LogP) is -1.80. The molecule has 94 valence electrons. The van der Waals surface area contributed by atoms with Crippen molar-refractivity contribution in [3.63, 3.8) is 0 Å². The molecule has 0 aromatic heterocycles. The Balaban J connectivity index is 2.63. The van der Waals surface area contributed by atoms with E-state index in [-0.39, 0.29) is 6.61 Å². The van der Waals surface area contributed by atoms with E-state index in [1.54, 1.807) is 0 Å². The first-order chi connectivity index (χ1) is 7.50. The SMILES string of the molecule is CCCCO[C@@H]1[C@@H](O)[C@H](O)[C@@H](O)C(=O)[C@H]1O. The number of ether oxygens (including phenoxy) is 1. The molecule has 0 aliphatic heterocycles. The van der Waals surface area contributed by atoms with Crippen LogP contribution in [0.5, 0.6) is 0 Å². The third kappa shape index (κ3) is 2.58. The summed E-state index contributed by atoms with van der Waals surface area (Å²) >= 11 is 0. The van der Waals surface area contributed by atoms with Crippen molar-refractivity contribution in [2.75, 3.05) is 6.61 Å². The number of aliphatic hydroxyl groups is 4. The van der Waals surface area contributed by atoms with Gasteiger partial charge < -0.3 is 25.2 Å². The molecule has 1 rings (SSSR count). The molecule has 1 aliphatic carbocycles. The second-order valence-electron chi connectivity index (χ2n) is 3.96. The molecular formula is C10H18O6. The molecule has 0 aromatic carbocycles. The van der Waals surface area contributed by atoms with Crippen LogP contribution in [0.3, 0.4) is 0 Å². The standard InChI is InChI=1S/C10H18O6/c1-2-3-4-16-10-8(14)6(12)5(11)7(13)9(10)15/h5-6,8-12,14-15H,2-4H2,1H3/t5-,6-,8+,9-,10-/m1/s1. The van der Waals surface area contributed by atoms with E-state index in [9.17, 15) is 25.2 Å². The zero-order chi connectivity index (χ0) is 12.3. The maximum Gasteiger partial charge on any atom is 0.195 e. The molecule has 0 spiro atoms. The van der Waals surface area contributed by atoms with Crippen LogP contribution in [0.4, 0.5) is 0 Å². The first kappa shape index (κ1) is 13.5. The molecule has 5 atom stereocenters. The van der Waals surface area contributed by atoms with Crippen molar-refractivity contribution in [1.29, 1.82) is 0 Å². The minimum absolute atomic E-state index is 0.283. The molecule has 0 radical (unpaired) electrons. The maximum atomic E-state index is 11.3. The van der Waals surface area contributed by atoms with Gasteiger partial charge >= 0.3 is 0 Å². The lowest BCUT2D eigenvalue weighted by Gasteiger charge is -2.37. The number of rotatable bonds is 4. The Kier molecular flexibility index (Phi) is 4.82. The normalized spacial score (nSPS) is 40.1. The van der Waals surface area contributed by atoms with Gasteiger partial charge in [-0.3, -0.25) is 4.79 Å². The van der Waals surface area contributed by atoms with Gasteiger partial charge in [0.05, 0.1) is 0 Å². The molecule has 0 unspecified atom stereocenters. The van der Waals surface area contributed by atoms with E-state index < -0.39 is 36.3 Å². The van der Waals surface area contributed by atoms with Crippen LogP contribution >= 0.6 is 0 Å². The summed E-state index contributed by atoms with van der Waals surface area (Å²) in [7, 11) is 0. The Hall–Kier alpha value is -0.530. The van der Waals surface area contributed by atoms with Crippen molar-refractivity contribution in [3.05, 3.63) is 0 Å². The Labute approximate surface area is 93.5 Å². The highest BCUT2D eigenvalue weighted by atomic mass is 16.5. The van der Waals surface area contributed by atoms with Gasteiger partial charge in [0.2, 0.25) is 0 Å². The van der Waals surface area contributed by atoms with Crippen molar-refractivity contribution in [2.45, 2.75) is 50.3 Å². The highest BCUT2D eigenvalue weighted by molar-refractivity contribution is 5.89. The number of Topliss-reactive ketones (excluding diaryl/α,β-unsaturated/α-hetero) is 1. The van der Waals surface area contributed by atoms with Crippen LogP contribution in [-0.4, -0.2) is 63.3 Å². The molecule has 0 saturated heterocycles. The van der Waals surface area contributed by atoms with Crippen LogP contribution in [0.25, 0.3) is 0 Å². The fourth-order valence-corrected chi connectivity index (χ4v) is 1.63. The van der Waals surface area contributed by atoms with Gasteiger partial charge in [0.15, 0.2) is 5.78 Å². The molecule has 6 heteroatoms. The van der Waals surface area contributed by atoms with Gasteiger partial charge in [-0.05, 0) is 6.42 Å². The average Bonchev–Trinajstić information content (AvgIpc) is 2.28. The van der Waals surface area contributed by atoms with E-state index in [4.69, 9.17) is 4.74 Å². The zero-order valence-electron chi connectivity index (χ0n) is 9.11. The fourth-order valence-electron chi connectivity index (χ4n) is 1.63. The van der Waals surface area contributed by atoms with Gasteiger partial charge in [0, 0.05) is 6.61 Å². The molecule has 0 bridgehead atoms. The van der Waals surface area contributed by atoms with Crippen LogP contribution in [-0.2, 0) is 9.53 Å². The summed E-state index contributed by atoms with van der Waals surface area (Å²) in [5.74, 6) is -0.917. The van der Waals surface area contributed by atoms with Crippen molar-refractivity contribution in [2.24, 2.45) is 0 Å². The molecule has 4 N–H and O–H groups in total. The molecule has 1 aliphatic rings. The van der Waals surface area contributed by atoms with Crippen molar-refractivity contribution < 1.29 is 30.0 Å². The number of hydrogen-bond acceptors (Lipinski definition) is 6. The van der Waals surface area contributed by atoms with Crippen molar-refractivity contribution >= 4 is 5.78 Å². The van der Waals surface area contributed by atoms with Gasteiger partial charge in [-0.2, -0.15) is 0 Å². The number of unbranched alkanes of at least 4 members (excludes halogenated alkanes) is 1. The Morgan fingerprint density at radius 1 is 1.12 bits per heavy atom. The van der Waals surface area contributed by atoms with E-state index in [1.165, 1.54) is 0 Å². The van der Waals surface area contributed by atoms with Crippen LogP contribution < -0.4 is 0 Å². The van der Waals surface area contributed by atoms with E-state index in [0.29, 0.717) is 0 Å². The van der Waals surface area contributed by atoms with Crippen LogP contribution in [0, 0.1) is 0 Å². The largest absolute Gasteiger partial charge is 0.387 e. The quantitative estimate of drug-likeness (QED) is 0.427. The summed E-state index contributed by atoms with van der Waals surface area (Å²) in [6.07, 6.45) is -5.98. The first-order valence-corrected chi connectivity index (χ1v) is 5.38. The van der Waals surface area contributed by atoms with Crippen LogP contribution in [0.1, 0.15) is 19.8 Å².